The molecule has 0 aromatic rings. The Hall–Kier alpha value is -0.120. The van der Waals surface area contributed by atoms with Gasteiger partial charge in [-0.3, -0.25) is 4.90 Å². The molecule has 3 nitrogen and oxygen atoms in total. The number of nitrogens with one attached hydrogen (secondary N) is 1. The Morgan fingerprint density at radius 1 is 1.20 bits per heavy atom. The first-order valence-electron chi connectivity index (χ1n) is 6.37. The Morgan fingerprint density at radius 2 is 2.00 bits per heavy atom. The fourth-order valence-corrected chi connectivity index (χ4v) is 3.01. The van der Waals surface area contributed by atoms with Crippen molar-refractivity contribution in [3.05, 3.63) is 0 Å². The van der Waals surface area contributed by atoms with Crippen molar-refractivity contribution in [3.8, 4) is 0 Å². The average molecular weight is 212 g/mol. The van der Waals surface area contributed by atoms with E-state index in [2.05, 4.69) is 10.2 Å². The molecule has 0 radical (unpaired) electrons. The maximum Gasteiger partial charge on any atom is 0.0618 e. The summed E-state index contributed by atoms with van der Waals surface area (Å²) in [7, 11) is 1.83. The molecule has 2 heterocycles. The Morgan fingerprint density at radius 3 is 2.73 bits per heavy atom. The van der Waals surface area contributed by atoms with Crippen LogP contribution in [0.3, 0.4) is 0 Å². The van der Waals surface area contributed by atoms with Crippen molar-refractivity contribution in [1.82, 2.24) is 10.2 Å². The van der Waals surface area contributed by atoms with Crippen molar-refractivity contribution >= 4 is 0 Å². The molecule has 2 aliphatic rings. The Bertz CT molecular complexity index is 168. The highest BCUT2D eigenvalue weighted by molar-refractivity contribution is 4.85. The monoisotopic (exact) mass is 212 g/mol. The molecule has 0 aromatic heterocycles. The number of methoxy groups -OCH3 is 1. The zero-order valence-electron chi connectivity index (χ0n) is 9.87. The van der Waals surface area contributed by atoms with Gasteiger partial charge >= 0.3 is 0 Å². The first-order valence-corrected chi connectivity index (χ1v) is 6.37. The summed E-state index contributed by atoms with van der Waals surface area (Å²) in [6.07, 6.45) is 6.73. The average Bonchev–Trinajstić information content (AvgIpc) is 2.31. The summed E-state index contributed by atoms with van der Waals surface area (Å²) in [6.45, 7) is 4.60. The van der Waals surface area contributed by atoms with Gasteiger partial charge in [0, 0.05) is 19.2 Å². The fraction of sp³-hybridized carbons (Fsp3) is 1.00. The number of rotatable bonds is 3. The molecule has 2 saturated heterocycles. The molecule has 0 bridgehead atoms. The molecule has 0 amide bonds. The zero-order chi connectivity index (χ0) is 10.5. The maximum atomic E-state index is 5.35. The zero-order valence-corrected chi connectivity index (χ0v) is 9.87. The van der Waals surface area contributed by atoms with Crippen LogP contribution in [0.25, 0.3) is 0 Å². The number of likely N-dealkylation sites (tertiary alicyclic amines) is 1. The first-order chi connectivity index (χ1) is 7.42. The quantitative estimate of drug-likeness (QED) is 0.762. The lowest BCUT2D eigenvalue weighted by molar-refractivity contribution is 0.0259. The second kappa shape index (κ2) is 5.83. The number of ether oxygens (including phenoxy) is 1. The third kappa shape index (κ3) is 2.92. The van der Waals surface area contributed by atoms with Crippen LogP contribution in [0.15, 0.2) is 0 Å². The smallest absolute Gasteiger partial charge is 0.0618 e. The van der Waals surface area contributed by atoms with Crippen molar-refractivity contribution in [2.45, 2.75) is 44.2 Å². The van der Waals surface area contributed by atoms with Crippen molar-refractivity contribution in [3.63, 3.8) is 0 Å². The Balaban J connectivity index is 1.90. The van der Waals surface area contributed by atoms with E-state index in [4.69, 9.17) is 4.74 Å². The van der Waals surface area contributed by atoms with E-state index in [0.717, 1.165) is 12.6 Å². The fourth-order valence-electron chi connectivity index (χ4n) is 3.01. The van der Waals surface area contributed by atoms with Crippen LogP contribution in [0.5, 0.6) is 0 Å². The summed E-state index contributed by atoms with van der Waals surface area (Å²) in [6, 6.07) is 1.50. The molecule has 88 valence electrons. The van der Waals surface area contributed by atoms with Gasteiger partial charge < -0.3 is 10.1 Å². The van der Waals surface area contributed by atoms with E-state index in [0.29, 0.717) is 6.04 Å². The van der Waals surface area contributed by atoms with E-state index in [1.807, 2.05) is 7.11 Å². The lowest BCUT2D eigenvalue weighted by Gasteiger charge is -2.42. The van der Waals surface area contributed by atoms with E-state index < -0.39 is 0 Å². The van der Waals surface area contributed by atoms with E-state index >= 15 is 0 Å². The van der Waals surface area contributed by atoms with Crippen molar-refractivity contribution < 1.29 is 4.74 Å². The minimum absolute atomic E-state index is 0.687. The summed E-state index contributed by atoms with van der Waals surface area (Å²) in [5, 5.41) is 3.44. The third-order valence-electron chi connectivity index (χ3n) is 3.81. The Kier molecular flexibility index (Phi) is 4.42. The molecule has 0 aromatic carbocycles. The van der Waals surface area contributed by atoms with Gasteiger partial charge in [0.1, 0.15) is 0 Å². The number of hydrogen-bond acceptors (Lipinski definition) is 3. The van der Waals surface area contributed by atoms with Gasteiger partial charge in [0.25, 0.3) is 0 Å². The van der Waals surface area contributed by atoms with E-state index in [1.54, 1.807) is 0 Å². The van der Waals surface area contributed by atoms with Crippen LogP contribution in [-0.4, -0.2) is 50.3 Å². The summed E-state index contributed by atoms with van der Waals surface area (Å²) in [5.74, 6) is 0. The van der Waals surface area contributed by atoms with Crippen LogP contribution in [0.2, 0.25) is 0 Å². The number of piperidine rings is 2. The Labute approximate surface area is 93.2 Å². The van der Waals surface area contributed by atoms with Crippen LogP contribution in [-0.2, 0) is 4.74 Å². The second-order valence-electron chi connectivity index (χ2n) is 4.82. The van der Waals surface area contributed by atoms with Crippen molar-refractivity contribution in [1.29, 1.82) is 0 Å². The van der Waals surface area contributed by atoms with Crippen LogP contribution >= 0.6 is 0 Å². The molecule has 0 spiro atoms. The summed E-state index contributed by atoms with van der Waals surface area (Å²) >= 11 is 0. The molecule has 2 aliphatic heterocycles. The van der Waals surface area contributed by atoms with E-state index in [-0.39, 0.29) is 0 Å². The molecule has 0 saturated carbocycles. The lowest BCUT2D eigenvalue weighted by Crippen LogP contribution is -2.51. The molecular weight excluding hydrogens is 188 g/mol. The van der Waals surface area contributed by atoms with Crippen molar-refractivity contribution in [2.24, 2.45) is 0 Å². The van der Waals surface area contributed by atoms with Crippen LogP contribution < -0.4 is 5.32 Å². The van der Waals surface area contributed by atoms with Crippen LogP contribution in [0.1, 0.15) is 32.1 Å². The SMILES string of the molecule is COC[C@@H]1CCCCN1C1CCNCC1. The molecule has 3 heteroatoms. The van der Waals surface area contributed by atoms with Gasteiger partial charge in [0.05, 0.1) is 6.61 Å². The molecule has 0 unspecified atom stereocenters. The van der Waals surface area contributed by atoms with Gasteiger partial charge in [-0.05, 0) is 45.3 Å². The summed E-state index contributed by atoms with van der Waals surface area (Å²) < 4.78 is 5.35. The highest BCUT2D eigenvalue weighted by Gasteiger charge is 2.29. The summed E-state index contributed by atoms with van der Waals surface area (Å²) in [4.78, 5) is 2.72. The first kappa shape index (κ1) is 11.4. The molecule has 15 heavy (non-hydrogen) atoms. The van der Waals surface area contributed by atoms with E-state index in [1.165, 1.54) is 51.7 Å². The highest BCUT2D eigenvalue weighted by atomic mass is 16.5. The topological polar surface area (TPSA) is 24.5 Å². The predicted molar refractivity (Wildman–Crippen MR) is 62.1 cm³/mol. The van der Waals surface area contributed by atoms with Gasteiger partial charge in [0.15, 0.2) is 0 Å². The van der Waals surface area contributed by atoms with Crippen LogP contribution in [0.4, 0.5) is 0 Å². The lowest BCUT2D eigenvalue weighted by atomic mass is 9.96. The van der Waals surface area contributed by atoms with Gasteiger partial charge in [-0.15, -0.1) is 0 Å². The molecule has 1 atom stereocenters. The highest BCUT2D eigenvalue weighted by Crippen LogP contribution is 2.23. The largest absolute Gasteiger partial charge is 0.383 e. The normalized spacial score (nSPS) is 30.6. The number of nitrogens with zero attached hydrogens (tertiary/aromatic N) is 1. The maximum absolute atomic E-state index is 5.35. The molecule has 0 aliphatic carbocycles. The standard InChI is InChI=1S/C12H24N2O/c1-15-10-12-4-2-3-9-14(12)11-5-7-13-8-6-11/h11-13H,2-10H2,1H3/t12-/m0/s1. The molecule has 2 fully saturated rings. The van der Waals surface area contributed by atoms with Gasteiger partial charge in [-0.1, -0.05) is 6.42 Å². The molecular formula is C12H24N2O. The van der Waals surface area contributed by atoms with Crippen molar-refractivity contribution in [2.75, 3.05) is 33.4 Å². The number of hydrogen-bond donors (Lipinski definition) is 1. The minimum Gasteiger partial charge on any atom is -0.383 e. The minimum atomic E-state index is 0.687. The predicted octanol–water partition coefficient (Wildman–Crippen LogP) is 1.24. The van der Waals surface area contributed by atoms with E-state index in [9.17, 15) is 0 Å². The molecule has 2 rings (SSSR count). The van der Waals surface area contributed by atoms with Crippen LogP contribution in [0, 0.1) is 0 Å². The second-order valence-corrected chi connectivity index (χ2v) is 4.82. The molecule has 1 N–H and O–H groups in total. The van der Waals surface area contributed by atoms with Gasteiger partial charge in [-0.25, -0.2) is 0 Å². The van der Waals surface area contributed by atoms with Gasteiger partial charge in [-0.2, -0.15) is 0 Å². The van der Waals surface area contributed by atoms with Gasteiger partial charge in [0.2, 0.25) is 0 Å². The summed E-state index contributed by atoms with van der Waals surface area (Å²) in [5.41, 5.74) is 0. The third-order valence-corrected chi connectivity index (χ3v) is 3.81.